The lowest BCUT2D eigenvalue weighted by Crippen LogP contribution is -2.54. The highest BCUT2D eigenvalue weighted by Crippen LogP contribution is 2.17. The minimum Gasteiger partial charge on any atom is -0.379 e. The van der Waals surface area contributed by atoms with E-state index in [1.807, 2.05) is 18.2 Å². The molecule has 3 rings (SSSR count). The summed E-state index contributed by atoms with van der Waals surface area (Å²) in [6, 6.07) is 6.02. The Morgan fingerprint density at radius 3 is 2.95 bits per heavy atom. The molecule has 1 N–H and O–H groups in total. The van der Waals surface area contributed by atoms with E-state index in [1.54, 1.807) is 6.20 Å². The zero-order valence-corrected chi connectivity index (χ0v) is 13.3. The van der Waals surface area contributed by atoms with Crippen molar-refractivity contribution in [3.05, 3.63) is 24.4 Å². The average Bonchev–Trinajstić information content (AvgIpc) is 3.03. The number of nitrogens with one attached hydrogen (secondary N) is 1. The number of hydrogen-bond donors (Lipinski definition) is 1. The molecule has 0 saturated carbocycles. The summed E-state index contributed by atoms with van der Waals surface area (Å²) in [6.07, 6.45) is 1.74. The molecular formula is C15H21N3O3S. The minimum absolute atomic E-state index is 0.0319. The predicted molar refractivity (Wildman–Crippen MR) is 83.9 cm³/mol. The van der Waals surface area contributed by atoms with Crippen molar-refractivity contribution in [3.63, 3.8) is 0 Å². The number of ether oxygens (including phenoxy) is 2. The molecule has 1 aromatic heterocycles. The quantitative estimate of drug-likeness (QED) is 0.791. The van der Waals surface area contributed by atoms with E-state index >= 15 is 0 Å². The third-order valence-corrected chi connectivity index (χ3v) is 4.84. The van der Waals surface area contributed by atoms with E-state index < -0.39 is 0 Å². The first-order chi connectivity index (χ1) is 10.8. The van der Waals surface area contributed by atoms with E-state index in [-0.39, 0.29) is 18.0 Å². The van der Waals surface area contributed by atoms with Crippen LogP contribution in [0.2, 0.25) is 0 Å². The maximum Gasteiger partial charge on any atom is 0.230 e. The number of nitrogens with zero attached hydrogens (tertiary/aromatic N) is 2. The van der Waals surface area contributed by atoms with Gasteiger partial charge in [-0.2, -0.15) is 0 Å². The zero-order valence-electron chi connectivity index (χ0n) is 12.4. The number of aromatic nitrogens is 1. The predicted octanol–water partition coefficient (Wildman–Crippen LogP) is 0.390. The molecule has 0 aliphatic carbocycles. The Bertz CT molecular complexity index is 482. The molecule has 2 atom stereocenters. The fourth-order valence-corrected chi connectivity index (χ4v) is 3.44. The Balaban J connectivity index is 1.47. The normalized spacial score (nSPS) is 26.0. The summed E-state index contributed by atoms with van der Waals surface area (Å²) in [5.41, 5.74) is 0. The SMILES string of the molecule is O=C(CSc1ccccn1)N[C@@H]1COC[C@H]1N1CCOCC1. The Morgan fingerprint density at radius 2 is 2.18 bits per heavy atom. The van der Waals surface area contributed by atoms with Gasteiger partial charge >= 0.3 is 0 Å². The van der Waals surface area contributed by atoms with Gasteiger partial charge in [0.25, 0.3) is 0 Å². The summed E-state index contributed by atoms with van der Waals surface area (Å²) in [7, 11) is 0. The van der Waals surface area contributed by atoms with Gasteiger partial charge in [0.1, 0.15) is 0 Å². The number of carbonyl (C=O) groups is 1. The van der Waals surface area contributed by atoms with Crippen molar-refractivity contribution in [1.29, 1.82) is 0 Å². The molecule has 0 spiro atoms. The van der Waals surface area contributed by atoms with E-state index in [4.69, 9.17) is 9.47 Å². The Hall–Kier alpha value is -1.15. The number of pyridine rings is 1. The summed E-state index contributed by atoms with van der Waals surface area (Å²) in [5.74, 6) is 0.410. The van der Waals surface area contributed by atoms with Crippen LogP contribution < -0.4 is 5.32 Å². The highest BCUT2D eigenvalue weighted by atomic mass is 32.2. The van der Waals surface area contributed by atoms with Gasteiger partial charge in [-0.05, 0) is 12.1 Å². The van der Waals surface area contributed by atoms with Gasteiger partial charge in [0.2, 0.25) is 5.91 Å². The monoisotopic (exact) mass is 323 g/mol. The highest BCUT2D eigenvalue weighted by molar-refractivity contribution is 7.99. The maximum absolute atomic E-state index is 12.1. The molecule has 1 aromatic rings. The molecule has 6 nitrogen and oxygen atoms in total. The molecule has 7 heteroatoms. The first-order valence-corrected chi connectivity index (χ1v) is 8.54. The summed E-state index contributed by atoms with van der Waals surface area (Å²) < 4.78 is 11.0. The Labute approximate surface area is 134 Å². The van der Waals surface area contributed by atoms with Gasteiger partial charge in [0.15, 0.2) is 0 Å². The highest BCUT2D eigenvalue weighted by Gasteiger charge is 2.34. The van der Waals surface area contributed by atoms with E-state index in [0.717, 1.165) is 31.3 Å². The molecule has 22 heavy (non-hydrogen) atoms. The van der Waals surface area contributed by atoms with Gasteiger partial charge in [-0.15, -0.1) is 0 Å². The molecule has 1 amide bonds. The number of rotatable bonds is 5. The fourth-order valence-electron chi connectivity index (χ4n) is 2.77. The van der Waals surface area contributed by atoms with Crippen molar-refractivity contribution in [1.82, 2.24) is 15.2 Å². The van der Waals surface area contributed by atoms with Crippen molar-refractivity contribution in [2.75, 3.05) is 45.3 Å². The van der Waals surface area contributed by atoms with E-state index in [2.05, 4.69) is 15.2 Å². The Morgan fingerprint density at radius 1 is 1.32 bits per heavy atom. The third-order valence-electron chi connectivity index (χ3n) is 3.90. The molecule has 0 aromatic carbocycles. The molecule has 2 fully saturated rings. The van der Waals surface area contributed by atoms with Crippen LogP contribution in [-0.2, 0) is 14.3 Å². The molecule has 2 saturated heterocycles. The van der Waals surface area contributed by atoms with E-state index in [1.165, 1.54) is 11.8 Å². The molecule has 0 radical (unpaired) electrons. The summed E-state index contributed by atoms with van der Waals surface area (Å²) in [6.45, 7) is 4.59. The number of hydrogen-bond acceptors (Lipinski definition) is 6. The average molecular weight is 323 g/mol. The van der Waals surface area contributed by atoms with Gasteiger partial charge < -0.3 is 14.8 Å². The molecule has 0 unspecified atom stereocenters. The smallest absolute Gasteiger partial charge is 0.230 e. The van der Waals surface area contributed by atoms with Crippen molar-refractivity contribution >= 4 is 17.7 Å². The van der Waals surface area contributed by atoms with Crippen molar-refractivity contribution in [3.8, 4) is 0 Å². The van der Waals surface area contributed by atoms with Crippen LogP contribution in [0.1, 0.15) is 0 Å². The maximum atomic E-state index is 12.1. The van der Waals surface area contributed by atoms with Gasteiger partial charge in [-0.3, -0.25) is 9.69 Å². The van der Waals surface area contributed by atoms with Crippen molar-refractivity contribution in [2.45, 2.75) is 17.1 Å². The van der Waals surface area contributed by atoms with Crippen LogP contribution in [0, 0.1) is 0 Å². The van der Waals surface area contributed by atoms with Gasteiger partial charge in [-0.1, -0.05) is 17.8 Å². The lowest BCUT2D eigenvalue weighted by Gasteiger charge is -2.34. The fraction of sp³-hybridized carbons (Fsp3) is 0.600. The van der Waals surface area contributed by atoms with Crippen LogP contribution in [0.25, 0.3) is 0 Å². The van der Waals surface area contributed by atoms with Crippen LogP contribution in [0.3, 0.4) is 0 Å². The largest absolute Gasteiger partial charge is 0.379 e. The van der Waals surface area contributed by atoms with Gasteiger partial charge in [0, 0.05) is 19.3 Å². The number of thioether (sulfide) groups is 1. The molecular weight excluding hydrogens is 302 g/mol. The second-order valence-electron chi connectivity index (χ2n) is 5.38. The second kappa shape index (κ2) is 7.92. The van der Waals surface area contributed by atoms with Crippen LogP contribution in [0.5, 0.6) is 0 Å². The molecule has 0 bridgehead atoms. The van der Waals surface area contributed by atoms with Crippen LogP contribution in [-0.4, -0.2) is 73.1 Å². The molecule has 2 aliphatic heterocycles. The molecule has 3 heterocycles. The number of amides is 1. The van der Waals surface area contributed by atoms with Gasteiger partial charge in [-0.25, -0.2) is 4.98 Å². The number of morpholine rings is 1. The topological polar surface area (TPSA) is 63.7 Å². The summed E-state index contributed by atoms with van der Waals surface area (Å²) >= 11 is 1.45. The van der Waals surface area contributed by atoms with Crippen LogP contribution in [0.15, 0.2) is 29.4 Å². The van der Waals surface area contributed by atoms with E-state index in [0.29, 0.717) is 19.0 Å². The minimum atomic E-state index is 0.0319. The first-order valence-electron chi connectivity index (χ1n) is 7.55. The summed E-state index contributed by atoms with van der Waals surface area (Å²) in [5, 5.41) is 3.97. The molecule has 2 aliphatic rings. The van der Waals surface area contributed by atoms with Gasteiger partial charge in [0.05, 0.1) is 49.3 Å². The lowest BCUT2D eigenvalue weighted by molar-refractivity contribution is -0.119. The second-order valence-corrected chi connectivity index (χ2v) is 6.38. The van der Waals surface area contributed by atoms with Crippen molar-refractivity contribution < 1.29 is 14.3 Å². The standard InChI is InChI=1S/C15H21N3O3S/c19-14(11-22-15-3-1-2-4-16-15)17-12-9-21-10-13(12)18-5-7-20-8-6-18/h1-4,12-13H,5-11H2,(H,17,19)/t12-,13-/m1/s1. The third kappa shape index (κ3) is 4.19. The summed E-state index contributed by atoms with van der Waals surface area (Å²) in [4.78, 5) is 18.7. The first kappa shape index (κ1) is 15.7. The van der Waals surface area contributed by atoms with Crippen LogP contribution in [0.4, 0.5) is 0 Å². The Kier molecular flexibility index (Phi) is 5.66. The molecule has 120 valence electrons. The van der Waals surface area contributed by atoms with Crippen LogP contribution >= 0.6 is 11.8 Å². The lowest BCUT2D eigenvalue weighted by atomic mass is 10.1. The van der Waals surface area contributed by atoms with Crippen molar-refractivity contribution in [2.24, 2.45) is 0 Å². The van der Waals surface area contributed by atoms with E-state index in [9.17, 15) is 4.79 Å². The zero-order chi connectivity index (χ0) is 15.2. The number of carbonyl (C=O) groups excluding carboxylic acids is 1.